The van der Waals surface area contributed by atoms with Crippen LogP contribution >= 0.6 is 0 Å². The van der Waals surface area contributed by atoms with Crippen LogP contribution in [0.15, 0.2) is 28.8 Å². The zero-order valence-corrected chi connectivity index (χ0v) is 12.8. The largest absolute Gasteiger partial charge is 0.361 e. The predicted molar refractivity (Wildman–Crippen MR) is 79.7 cm³/mol. The van der Waals surface area contributed by atoms with Crippen LogP contribution in [0.25, 0.3) is 0 Å². The van der Waals surface area contributed by atoms with Gasteiger partial charge in [0, 0.05) is 12.0 Å². The fourth-order valence-corrected chi connectivity index (χ4v) is 2.42. The van der Waals surface area contributed by atoms with E-state index in [1.54, 1.807) is 16.8 Å². The van der Waals surface area contributed by atoms with Crippen molar-refractivity contribution < 1.29 is 13.7 Å². The highest BCUT2D eigenvalue weighted by atomic mass is 19.1. The summed E-state index contributed by atoms with van der Waals surface area (Å²) in [7, 11) is 0. The SMILES string of the molecule is Cc1noc(C)c1Cn1nnc(C=O)c1Cc1ccc(F)cc1. The van der Waals surface area contributed by atoms with Gasteiger partial charge < -0.3 is 4.52 Å². The molecule has 0 unspecified atom stereocenters. The maximum Gasteiger partial charge on any atom is 0.172 e. The Morgan fingerprint density at radius 3 is 2.61 bits per heavy atom. The normalized spacial score (nSPS) is 10.9. The van der Waals surface area contributed by atoms with Crippen LogP contribution in [0.5, 0.6) is 0 Å². The number of rotatable bonds is 5. The summed E-state index contributed by atoms with van der Waals surface area (Å²) in [4.78, 5) is 11.2. The molecular formula is C16H15FN4O2. The zero-order chi connectivity index (χ0) is 16.4. The van der Waals surface area contributed by atoms with Crippen molar-refractivity contribution in [1.82, 2.24) is 20.2 Å². The van der Waals surface area contributed by atoms with Gasteiger partial charge in [-0.2, -0.15) is 0 Å². The third kappa shape index (κ3) is 3.03. The van der Waals surface area contributed by atoms with Gasteiger partial charge in [0.1, 0.15) is 17.3 Å². The highest BCUT2D eigenvalue weighted by molar-refractivity contribution is 5.73. The molecule has 0 saturated heterocycles. The summed E-state index contributed by atoms with van der Waals surface area (Å²) < 4.78 is 19.8. The van der Waals surface area contributed by atoms with Gasteiger partial charge in [0.15, 0.2) is 6.29 Å². The lowest BCUT2D eigenvalue weighted by molar-refractivity contribution is 0.111. The predicted octanol–water partition coefficient (Wildman–Crippen LogP) is 2.47. The van der Waals surface area contributed by atoms with E-state index in [0.29, 0.717) is 30.7 Å². The molecule has 0 saturated carbocycles. The van der Waals surface area contributed by atoms with Gasteiger partial charge in [-0.05, 0) is 31.5 Å². The molecule has 1 aromatic carbocycles. The third-order valence-corrected chi connectivity index (χ3v) is 3.75. The van der Waals surface area contributed by atoms with Gasteiger partial charge >= 0.3 is 0 Å². The first-order valence-corrected chi connectivity index (χ1v) is 7.12. The number of hydrogen-bond donors (Lipinski definition) is 0. The van der Waals surface area contributed by atoms with Crippen molar-refractivity contribution in [2.45, 2.75) is 26.8 Å². The molecule has 0 bridgehead atoms. The van der Waals surface area contributed by atoms with E-state index in [2.05, 4.69) is 15.5 Å². The Hall–Kier alpha value is -2.83. The van der Waals surface area contributed by atoms with Crippen molar-refractivity contribution in [3.05, 3.63) is 64.1 Å². The van der Waals surface area contributed by atoms with Gasteiger partial charge in [-0.3, -0.25) is 4.79 Å². The topological polar surface area (TPSA) is 73.8 Å². The van der Waals surface area contributed by atoms with Crippen LogP contribution in [-0.2, 0) is 13.0 Å². The van der Waals surface area contributed by atoms with E-state index in [-0.39, 0.29) is 11.5 Å². The monoisotopic (exact) mass is 314 g/mol. The van der Waals surface area contributed by atoms with Crippen LogP contribution in [0.2, 0.25) is 0 Å². The van der Waals surface area contributed by atoms with E-state index in [1.807, 2.05) is 13.8 Å². The molecule has 3 rings (SSSR count). The Kier molecular flexibility index (Phi) is 4.01. The van der Waals surface area contributed by atoms with Crippen molar-refractivity contribution in [3.63, 3.8) is 0 Å². The maximum absolute atomic E-state index is 13.0. The van der Waals surface area contributed by atoms with Gasteiger partial charge in [-0.25, -0.2) is 9.07 Å². The maximum atomic E-state index is 13.0. The second kappa shape index (κ2) is 6.12. The minimum Gasteiger partial charge on any atom is -0.361 e. The highest BCUT2D eigenvalue weighted by Crippen LogP contribution is 2.17. The van der Waals surface area contributed by atoms with Gasteiger partial charge in [0.2, 0.25) is 0 Å². The lowest BCUT2D eigenvalue weighted by Gasteiger charge is -2.07. The number of hydrogen-bond acceptors (Lipinski definition) is 5. The molecule has 0 aliphatic carbocycles. The van der Waals surface area contributed by atoms with E-state index in [1.165, 1.54) is 12.1 Å². The standard InChI is InChI=1S/C16H15FN4O2/c1-10-14(11(2)23-19-10)8-21-16(15(9-22)18-20-21)7-12-3-5-13(17)6-4-12/h3-6,9H,7-8H2,1-2H3. The van der Waals surface area contributed by atoms with Crippen LogP contribution in [-0.4, -0.2) is 26.4 Å². The van der Waals surface area contributed by atoms with Gasteiger partial charge in [-0.1, -0.05) is 22.5 Å². The fraction of sp³-hybridized carbons (Fsp3) is 0.250. The second-order valence-electron chi connectivity index (χ2n) is 5.30. The Labute approximate surface area is 131 Å². The first-order chi connectivity index (χ1) is 11.1. The highest BCUT2D eigenvalue weighted by Gasteiger charge is 2.17. The lowest BCUT2D eigenvalue weighted by atomic mass is 10.1. The molecule has 23 heavy (non-hydrogen) atoms. The number of benzene rings is 1. The third-order valence-electron chi connectivity index (χ3n) is 3.75. The Bertz CT molecular complexity index is 817. The summed E-state index contributed by atoms with van der Waals surface area (Å²) in [6.07, 6.45) is 1.11. The van der Waals surface area contributed by atoms with E-state index < -0.39 is 0 Å². The molecule has 0 atom stereocenters. The number of halogens is 1. The number of aromatic nitrogens is 4. The molecule has 3 aromatic rings. The van der Waals surface area contributed by atoms with Crippen molar-refractivity contribution in [2.75, 3.05) is 0 Å². The number of aryl methyl sites for hydroxylation is 2. The zero-order valence-electron chi connectivity index (χ0n) is 12.8. The molecular weight excluding hydrogens is 299 g/mol. The van der Waals surface area contributed by atoms with Crippen LogP contribution in [0.1, 0.15) is 38.8 Å². The van der Waals surface area contributed by atoms with Crippen molar-refractivity contribution >= 4 is 6.29 Å². The van der Waals surface area contributed by atoms with Crippen molar-refractivity contribution in [2.24, 2.45) is 0 Å². The molecule has 0 aliphatic rings. The summed E-state index contributed by atoms with van der Waals surface area (Å²) in [6.45, 7) is 4.09. The smallest absolute Gasteiger partial charge is 0.172 e. The van der Waals surface area contributed by atoms with E-state index in [9.17, 15) is 9.18 Å². The second-order valence-corrected chi connectivity index (χ2v) is 5.30. The Morgan fingerprint density at radius 1 is 1.26 bits per heavy atom. The number of nitrogens with zero attached hydrogens (tertiary/aromatic N) is 4. The molecule has 2 aromatic heterocycles. The summed E-state index contributed by atoms with van der Waals surface area (Å²) >= 11 is 0. The van der Waals surface area contributed by atoms with E-state index in [0.717, 1.165) is 16.8 Å². The Balaban J connectivity index is 1.94. The van der Waals surface area contributed by atoms with Crippen molar-refractivity contribution in [1.29, 1.82) is 0 Å². The summed E-state index contributed by atoms with van der Waals surface area (Å²) in [5.74, 6) is 0.407. The quantitative estimate of drug-likeness (QED) is 0.676. The molecule has 7 heteroatoms. The average molecular weight is 314 g/mol. The molecule has 0 spiro atoms. The molecule has 0 amide bonds. The molecule has 0 N–H and O–H groups in total. The minimum absolute atomic E-state index is 0.279. The number of carbonyl (C=O) groups is 1. The minimum atomic E-state index is -0.299. The lowest BCUT2D eigenvalue weighted by Crippen LogP contribution is -2.09. The number of carbonyl (C=O) groups excluding carboxylic acids is 1. The van der Waals surface area contributed by atoms with E-state index in [4.69, 9.17) is 4.52 Å². The number of aldehydes is 1. The van der Waals surface area contributed by atoms with Crippen LogP contribution in [0.4, 0.5) is 4.39 Å². The molecule has 6 nitrogen and oxygen atoms in total. The molecule has 0 fully saturated rings. The van der Waals surface area contributed by atoms with Gasteiger partial charge in [0.25, 0.3) is 0 Å². The summed E-state index contributed by atoms with van der Waals surface area (Å²) in [5.41, 5.74) is 3.51. The van der Waals surface area contributed by atoms with Crippen molar-refractivity contribution in [3.8, 4) is 0 Å². The summed E-state index contributed by atoms with van der Waals surface area (Å²) in [6, 6.07) is 6.13. The molecule has 118 valence electrons. The molecule has 0 radical (unpaired) electrons. The Morgan fingerprint density at radius 2 is 2.00 bits per heavy atom. The molecule has 2 heterocycles. The van der Waals surface area contributed by atoms with Crippen LogP contribution < -0.4 is 0 Å². The first-order valence-electron chi connectivity index (χ1n) is 7.12. The summed E-state index contributed by atoms with van der Waals surface area (Å²) in [5, 5.41) is 11.9. The first kappa shape index (κ1) is 15.1. The van der Waals surface area contributed by atoms with Gasteiger partial charge in [-0.15, -0.1) is 5.10 Å². The van der Waals surface area contributed by atoms with Crippen LogP contribution in [0.3, 0.4) is 0 Å². The molecule has 0 aliphatic heterocycles. The van der Waals surface area contributed by atoms with Gasteiger partial charge in [0.05, 0.1) is 17.9 Å². The van der Waals surface area contributed by atoms with Crippen LogP contribution in [0, 0.1) is 19.7 Å². The van der Waals surface area contributed by atoms with E-state index >= 15 is 0 Å². The average Bonchev–Trinajstić information content (AvgIpc) is 3.07. The fourth-order valence-electron chi connectivity index (χ4n) is 2.42.